The number of nitrogen functional groups attached to an aromatic ring is 1. The lowest BCUT2D eigenvalue weighted by molar-refractivity contribution is 0.619. The minimum atomic E-state index is -0.478. The van der Waals surface area contributed by atoms with Gasteiger partial charge in [-0.1, -0.05) is 31.9 Å². The molecule has 90 valence electrons. The van der Waals surface area contributed by atoms with Crippen molar-refractivity contribution in [1.29, 1.82) is 0 Å². The molecule has 0 aliphatic heterocycles. The quantitative estimate of drug-likeness (QED) is 0.767. The summed E-state index contributed by atoms with van der Waals surface area (Å²) in [7, 11) is 0. The average molecular weight is 245 g/mol. The molecule has 1 rings (SSSR count). The highest BCUT2D eigenvalue weighted by molar-refractivity contribution is 6.31. The van der Waals surface area contributed by atoms with E-state index < -0.39 is 5.82 Å². The minimum Gasteiger partial charge on any atom is -0.397 e. The van der Waals surface area contributed by atoms with Gasteiger partial charge in [-0.2, -0.15) is 0 Å². The summed E-state index contributed by atoms with van der Waals surface area (Å²) in [6, 6.07) is 3.15. The summed E-state index contributed by atoms with van der Waals surface area (Å²) in [6.45, 7) is 4.24. The summed E-state index contributed by atoms with van der Waals surface area (Å²) in [5, 5.41) is 3.39. The van der Waals surface area contributed by atoms with Crippen molar-refractivity contribution in [2.45, 2.75) is 39.2 Å². The SMILES string of the molecule is CCCC(CC)Nc1cc(Cl)c(F)cc1N. The molecule has 0 aliphatic carbocycles. The maximum absolute atomic E-state index is 13.1. The molecule has 3 N–H and O–H groups in total. The van der Waals surface area contributed by atoms with Crippen LogP contribution in [0.1, 0.15) is 33.1 Å². The Hall–Kier alpha value is -0.960. The van der Waals surface area contributed by atoms with Gasteiger partial charge in [-0.05, 0) is 18.9 Å². The van der Waals surface area contributed by atoms with Crippen LogP contribution in [0, 0.1) is 5.82 Å². The van der Waals surface area contributed by atoms with Crippen LogP contribution < -0.4 is 11.1 Å². The molecule has 0 fully saturated rings. The molecule has 1 unspecified atom stereocenters. The third kappa shape index (κ3) is 3.27. The highest BCUT2D eigenvalue weighted by atomic mass is 35.5. The Morgan fingerprint density at radius 2 is 2.12 bits per heavy atom. The molecule has 0 saturated heterocycles. The van der Waals surface area contributed by atoms with Crippen LogP contribution in [0.2, 0.25) is 5.02 Å². The van der Waals surface area contributed by atoms with Crippen molar-refractivity contribution in [2.24, 2.45) is 0 Å². The van der Waals surface area contributed by atoms with Crippen LogP contribution in [0.15, 0.2) is 12.1 Å². The molecule has 0 spiro atoms. The van der Waals surface area contributed by atoms with Crippen molar-refractivity contribution >= 4 is 23.0 Å². The second kappa shape index (κ2) is 5.94. The van der Waals surface area contributed by atoms with Gasteiger partial charge in [-0.15, -0.1) is 0 Å². The van der Waals surface area contributed by atoms with Crippen LogP contribution >= 0.6 is 11.6 Å². The van der Waals surface area contributed by atoms with Crippen molar-refractivity contribution in [2.75, 3.05) is 11.1 Å². The highest BCUT2D eigenvalue weighted by Gasteiger charge is 2.10. The number of anilines is 2. The zero-order valence-corrected chi connectivity index (χ0v) is 10.4. The predicted molar refractivity (Wildman–Crippen MR) is 68.4 cm³/mol. The van der Waals surface area contributed by atoms with E-state index >= 15 is 0 Å². The molecule has 0 amide bonds. The number of benzene rings is 1. The molecule has 4 heteroatoms. The molecule has 1 aromatic rings. The largest absolute Gasteiger partial charge is 0.397 e. The molecule has 0 radical (unpaired) electrons. The normalized spacial score (nSPS) is 12.5. The lowest BCUT2D eigenvalue weighted by atomic mass is 10.1. The Morgan fingerprint density at radius 1 is 1.44 bits per heavy atom. The molecule has 0 aromatic heterocycles. The molecule has 0 saturated carbocycles. The maximum Gasteiger partial charge on any atom is 0.143 e. The summed E-state index contributed by atoms with van der Waals surface area (Å²) in [5.41, 5.74) is 6.84. The lowest BCUT2D eigenvalue weighted by Gasteiger charge is -2.19. The van der Waals surface area contributed by atoms with Gasteiger partial charge in [0.2, 0.25) is 0 Å². The van der Waals surface area contributed by atoms with Crippen molar-refractivity contribution in [1.82, 2.24) is 0 Å². The van der Waals surface area contributed by atoms with Gasteiger partial charge < -0.3 is 11.1 Å². The van der Waals surface area contributed by atoms with E-state index in [1.807, 2.05) is 0 Å². The molecule has 16 heavy (non-hydrogen) atoms. The fraction of sp³-hybridized carbons (Fsp3) is 0.500. The molecule has 2 nitrogen and oxygen atoms in total. The second-order valence-corrected chi connectivity index (χ2v) is 4.30. The Bertz CT molecular complexity index is 355. The van der Waals surface area contributed by atoms with Gasteiger partial charge in [-0.3, -0.25) is 0 Å². The smallest absolute Gasteiger partial charge is 0.143 e. The van der Waals surface area contributed by atoms with Crippen molar-refractivity contribution in [3.8, 4) is 0 Å². The third-order valence-electron chi connectivity index (χ3n) is 2.58. The fourth-order valence-electron chi connectivity index (χ4n) is 1.63. The summed E-state index contributed by atoms with van der Waals surface area (Å²) >= 11 is 5.72. The number of nitrogens with two attached hydrogens (primary N) is 1. The molecule has 1 atom stereocenters. The van der Waals surface area contributed by atoms with E-state index in [2.05, 4.69) is 19.2 Å². The van der Waals surface area contributed by atoms with E-state index in [9.17, 15) is 4.39 Å². The van der Waals surface area contributed by atoms with Crippen molar-refractivity contribution < 1.29 is 4.39 Å². The first kappa shape index (κ1) is 13.1. The zero-order valence-electron chi connectivity index (χ0n) is 9.69. The highest BCUT2D eigenvalue weighted by Crippen LogP contribution is 2.27. The average Bonchev–Trinajstić information content (AvgIpc) is 2.25. The maximum atomic E-state index is 13.1. The van der Waals surface area contributed by atoms with Crippen molar-refractivity contribution in [3.05, 3.63) is 23.0 Å². The summed E-state index contributed by atoms with van der Waals surface area (Å²) in [5.74, 6) is -0.478. The predicted octanol–water partition coefficient (Wildman–Crippen LogP) is 4.05. The zero-order chi connectivity index (χ0) is 12.1. The number of hydrogen-bond acceptors (Lipinski definition) is 2. The first-order chi connectivity index (χ1) is 7.58. The molecule has 0 aliphatic rings. The Balaban J connectivity index is 2.83. The van der Waals surface area contributed by atoms with Crippen LogP contribution in [0.25, 0.3) is 0 Å². The first-order valence-electron chi connectivity index (χ1n) is 5.59. The van der Waals surface area contributed by atoms with Crippen LogP contribution in [0.4, 0.5) is 15.8 Å². The van der Waals surface area contributed by atoms with Gasteiger partial charge >= 0.3 is 0 Å². The van der Waals surface area contributed by atoms with Crippen molar-refractivity contribution in [3.63, 3.8) is 0 Å². The van der Waals surface area contributed by atoms with E-state index in [1.54, 1.807) is 6.07 Å². The van der Waals surface area contributed by atoms with Crippen LogP contribution in [-0.4, -0.2) is 6.04 Å². The molecular formula is C12H18ClFN2. The number of rotatable bonds is 5. The van der Waals surface area contributed by atoms with E-state index in [0.29, 0.717) is 17.4 Å². The standard InChI is InChI=1S/C12H18ClFN2/c1-3-5-8(4-2)16-12-6-9(13)10(14)7-11(12)15/h6-8,16H,3-5,15H2,1-2H3. The van der Waals surface area contributed by atoms with Gasteiger partial charge in [0.1, 0.15) is 5.82 Å². The second-order valence-electron chi connectivity index (χ2n) is 3.89. The van der Waals surface area contributed by atoms with Gasteiger partial charge in [0.25, 0.3) is 0 Å². The summed E-state index contributed by atoms with van der Waals surface area (Å²) < 4.78 is 13.1. The summed E-state index contributed by atoms with van der Waals surface area (Å²) in [6.07, 6.45) is 3.16. The topological polar surface area (TPSA) is 38.0 Å². The number of hydrogen-bond donors (Lipinski definition) is 2. The van der Waals surface area contributed by atoms with Crippen LogP contribution in [0.5, 0.6) is 0 Å². The Morgan fingerprint density at radius 3 is 2.69 bits per heavy atom. The van der Waals surface area contributed by atoms with Gasteiger partial charge in [0.15, 0.2) is 0 Å². The molecule has 0 bridgehead atoms. The van der Waals surface area contributed by atoms with Crippen LogP contribution in [0.3, 0.4) is 0 Å². The van der Waals surface area contributed by atoms with E-state index in [-0.39, 0.29) is 5.02 Å². The van der Waals surface area contributed by atoms with E-state index in [1.165, 1.54) is 6.07 Å². The van der Waals surface area contributed by atoms with E-state index in [4.69, 9.17) is 17.3 Å². The molecule has 0 heterocycles. The lowest BCUT2D eigenvalue weighted by Crippen LogP contribution is -2.18. The van der Waals surface area contributed by atoms with Gasteiger partial charge in [0, 0.05) is 12.1 Å². The Labute approximate surface area is 101 Å². The first-order valence-corrected chi connectivity index (χ1v) is 5.97. The van der Waals surface area contributed by atoms with E-state index in [0.717, 1.165) is 19.3 Å². The monoisotopic (exact) mass is 244 g/mol. The molecular weight excluding hydrogens is 227 g/mol. The third-order valence-corrected chi connectivity index (χ3v) is 2.87. The Kier molecular flexibility index (Phi) is 4.87. The number of nitrogens with one attached hydrogen (secondary N) is 1. The minimum absolute atomic E-state index is 0.100. The van der Waals surface area contributed by atoms with Crippen LogP contribution in [-0.2, 0) is 0 Å². The van der Waals surface area contributed by atoms with Gasteiger partial charge in [-0.25, -0.2) is 4.39 Å². The fourth-order valence-corrected chi connectivity index (χ4v) is 1.80. The summed E-state index contributed by atoms with van der Waals surface area (Å²) in [4.78, 5) is 0. The van der Waals surface area contributed by atoms with Gasteiger partial charge in [0.05, 0.1) is 16.4 Å². The molecule has 1 aromatic carbocycles. The number of halogens is 2.